The van der Waals surface area contributed by atoms with Crippen molar-refractivity contribution in [3.05, 3.63) is 131 Å². The molecule has 0 bridgehead atoms. The second-order valence-electron chi connectivity index (χ2n) is 16.1. The van der Waals surface area contributed by atoms with Gasteiger partial charge in [0.15, 0.2) is 0 Å². The van der Waals surface area contributed by atoms with Gasteiger partial charge in [-0.3, -0.25) is 4.57 Å². The van der Waals surface area contributed by atoms with Crippen LogP contribution in [0.4, 0.5) is 0 Å². The van der Waals surface area contributed by atoms with Gasteiger partial charge in [0.05, 0.1) is 22.4 Å². The van der Waals surface area contributed by atoms with Gasteiger partial charge in [0, 0.05) is 40.4 Å². The molecule has 0 spiro atoms. The van der Waals surface area contributed by atoms with E-state index in [-0.39, 0.29) is 5.41 Å². The number of nitrogens with zero attached hydrogens (tertiary/aromatic N) is 4. The third kappa shape index (κ3) is 7.27. The Balaban J connectivity index is 1.33. The number of aryl methyl sites for hydroxylation is 3. The summed E-state index contributed by atoms with van der Waals surface area (Å²) in [6.07, 6.45) is 6.40. The molecule has 5 nitrogen and oxygen atoms in total. The number of unbranched alkanes of at least 4 members (excludes halogenated alkanes) is 2. The minimum absolute atomic E-state index is 0.215. The first-order chi connectivity index (χ1) is 25.4. The van der Waals surface area contributed by atoms with Crippen LogP contribution in [0.25, 0.3) is 44.4 Å². The molecule has 7 rings (SSSR count). The highest BCUT2D eigenvalue weighted by Crippen LogP contribution is 2.41. The van der Waals surface area contributed by atoms with Crippen LogP contribution >= 0.6 is 0 Å². The van der Waals surface area contributed by atoms with Gasteiger partial charge >= 0.3 is 0 Å². The van der Waals surface area contributed by atoms with E-state index in [0.29, 0.717) is 11.8 Å². The fraction of sp³-hybridized carbons (Fsp3) is 0.333. The smallest absolute Gasteiger partial charge is 0.137 e. The maximum absolute atomic E-state index is 6.82. The van der Waals surface area contributed by atoms with Crippen molar-refractivity contribution < 1.29 is 4.74 Å². The maximum atomic E-state index is 6.82. The van der Waals surface area contributed by atoms with Crippen LogP contribution in [0.15, 0.2) is 103 Å². The molecule has 0 aliphatic carbocycles. The van der Waals surface area contributed by atoms with Crippen LogP contribution in [-0.2, 0) is 6.42 Å². The Morgan fingerprint density at radius 1 is 0.755 bits per heavy atom. The van der Waals surface area contributed by atoms with E-state index in [1.165, 1.54) is 51.4 Å². The summed E-state index contributed by atoms with van der Waals surface area (Å²) in [6.45, 7) is 20.4. The zero-order chi connectivity index (χ0) is 37.4. The quantitative estimate of drug-likeness (QED) is 0.126. The summed E-state index contributed by atoms with van der Waals surface area (Å²) in [6, 6.07) is 34.9. The largest absolute Gasteiger partial charge is 0.457 e. The summed E-state index contributed by atoms with van der Waals surface area (Å²) in [7, 11) is 0. The van der Waals surface area contributed by atoms with Crippen molar-refractivity contribution in [1.29, 1.82) is 0 Å². The molecule has 3 aromatic heterocycles. The van der Waals surface area contributed by atoms with Gasteiger partial charge in [-0.25, -0.2) is 9.67 Å². The van der Waals surface area contributed by atoms with Crippen molar-refractivity contribution in [2.24, 2.45) is 11.3 Å². The zero-order valence-electron chi connectivity index (χ0n) is 33.0. The van der Waals surface area contributed by atoms with Gasteiger partial charge in [0.1, 0.15) is 17.3 Å². The lowest BCUT2D eigenvalue weighted by atomic mass is 9.72. The molecule has 53 heavy (non-hydrogen) atoms. The maximum Gasteiger partial charge on any atom is 0.137 e. The van der Waals surface area contributed by atoms with Gasteiger partial charge in [-0.05, 0) is 122 Å². The summed E-state index contributed by atoms with van der Waals surface area (Å²) in [5, 5.41) is 7.48. The van der Waals surface area contributed by atoms with Crippen molar-refractivity contribution in [2.45, 2.75) is 93.9 Å². The van der Waals surface area contributed by atoms with Gasteiger partial charge in [-0.1, -0.05) is 90.8 Å². The van der Waals surface area contributed by atoms with E-state index in [1.807, 2.05) is 6.20 Å². The third-order valence-corrected chi connectivity index (χ3v) is 11.4. The minimum Gasteiger partial charge on any atom is -0.457 e. The summed E-state index contributed by atoms with van der Waals surface area (Å²) in [4.78, 5) is 4.86. The van der Waals surface area contributed by atoms with Crippen LogP contribution in [-0.4, -0.2) is 19.3 Å². The molecular weight excluding hydrogens is 649 g/mol. The summed E-state index contributed by atoms with van der Waals surface area (Å²) in [5.74, 6) is 3.45. The zero-order valence-corrected chi connectivity index (χ0v) is 33.0. The van der Waals surface area contributed by atoms with Crippen LogP contribution in [0.3, 0.4) is 0 Å². The molecule has 5 heteroatoms. The van der Waals surface area contributed by atoms with E-state index >= 15 is 0 Å². The lowest BCUT2D eigenvalue weighted by Crippen LogP contribution is -2.22. The monoisotopic (exact) mass is 702 g/mol. The van der Waals surface area contributed by atoms with Crippen molar-refractivity contribution >= 4 is 21.8 Å². The van der Waals surface area contributed by atoms with Gasteiger partial charge in [0.2, 0.25) is 0 Å². The predicted octanol–water partition coefficient (Wildman–Crippen LogP) is 13.3. The van der Waals surface area contributed by atoms with E-state index in [9.17, 15) is 0 Å². The normalized spacial score (nSPS) is 13.2. The van der Waals surface area contributed by atoms with Crippen molar-refractivity contribution in [1.82, 2.24) is 19.3 Å². The molecule has 7 aromatic rings. The number of hydrogen-bond donors (Lipinski definition) is 0. The van der Waals surface area contributed by atoms with E-state index in [0.717, 1.165) is 58.3 Å². The topological polar surface area (TPSA) is 44.9 Å². The average Bonchev–Trinajstić information content (AvgIpc) is 3.62. The number of benzene rings is 4. The van der Waals surface area contributed by atoms with E-state index in [1.54, 1.807) is 0 Å². The molecule has 2 atom stereocenters. The second kappa shape index (κ2) is 14.7. The van der Waals surface area contributed by atoms with Gasteiger partial charge in [-0.2, -0.15) is 5.10 Å². The SMILES string of the molecule is CCCCCc1cc(Oc2ccc3c4cc(C(C)C(C)C(C)(C)C)ccc4n(-c4cc(C)ccn4)c3c2)cc(-n2nc(C)c(-c3ccccc3)c2C)c1. The van der Waals surface area contributed by atoms with Crippen molar-refractivity contribution in [2.75, 3.05) is 0 Å². The predicted molar refractivity (Wildman–Crippen MR) is 222 cm³/mol. The Bertz CT molecular complexity index is 2390. The lowest BCUT2D eigenvalue weighted by Gasteiger charge is -2.32. The molecule has 0 aliphatic heterocycles. The molecule has 0 N–H and O–H groups in total. The molecule has 0 saturated heterocycles. The van der Waals surface area contributed by atoms with Crippen LogP contribution < -0.4 is 4.74 Å². The summed E-state index contributed by atoms with van der Waals surface area (Å²) < 4.78 is 11.2. The highest BCUT2D eigenvalue weighted by molar-refractivity contribution is 6.09. The number of rotatable bonds is 11. The molecule has 0 radical (unpaired) electrons. The number of aromatic nitrogens is 4. The molecule has 0 amide bonds. The molecule has 2 unspecified atom stereocenters. The fourth-order valence-electron chi connectivity index (χ4n) is 7.89. The fourth-order valence-corrected chi connectivity index (χ4v) is 7.89. The molecule has 272 valence electrons. The van der Waals surface area contributed by atoms with E-state index < -0.39 is 0 Å². The minimum atomic E-state index is 0.215. The number of pyridine rings is 1. The Kier molecular flexibility index (Phi) is 10.0. The first-order valence-electron chi connectivity index (χ1n) is 19.4. The van der Waals surface area contributed by atoms with Crippen LogP contribution in [0, 0.1) is 32.1 Å². The Morgan fingerprint density at radius 3 is 2.28 bits per heavy atom. The Hall–Kier alpha value is -5.16. The Morgan fingerprint density at radius 2 is 1.55 bits per heavy atom. The van der Waals surface area contributed by atoms with Crippen LogP contribution in [0.5, 0.6) is 11.5 Å². The molecule has 0 aliphatic rings. The van der Waals surface area contributed by atoms with E-state index in [2.05, 4.69) is 169 Å². The first-order valence-corrected chi connectivity index (χ1v) is 19.4. The molecule has 0 saturated carbocycles. The highest BCUT2D eigenvalue weighted by Gasteiger charge is 2.27. The summed E-state index contributed by atoms with van der Waals surface area (Å²) >= 11 is 0. The highest BCUT2D eigenvalue weighted by atomic mass is 16.5. The lowest BCUT2D eigenvalue weighted by molar-refractivity contribution is 0.228. The van der Waals surface area contributed by atoms with Gasteiger partial charge < -0.3 is 4.74 Å². The van der Waals surface area contributed by atoms with Gasteiger partial charge in [0.25, 0.3) is 0 Å². The molecule has 0 fully saturated rings. The standard InChI is InChI=1S/C48H54N4O/c1-10-11-13-16-36-26-39(52-35(6)47(34(5)50-52)37-17-14-12-15-18-37)29-41(27-36)53-40-20-21-42-43-28-38(32(3)33(4)48(7,8)9)19-22-44(43)51(45(42)30-40)46-25-31(2)23-24-49-46/h12,14-15,17-30,32-33H,10-11,13,16H2,1-9H3. The number of fused-ring (bicyclic) bond motifs is 3. The van der Waals surface area contributed by atoms with Gasteiger partial charge in [-0.15, -0.1) is 0 Å². The average molecular weight is 703 g/mol. The van der Waals surface area contributed by atoms with Crippen molar-refractivity contribution in [3.8, 4) is 34.1 Å². The second-order valence-corrected chi connectivity index (χ2v) is 16.1. The van der Waals surface area contributed by atoms with Crippen LogP contribution in [0.1, 0.15) is 94.8 Å². The number of hydrogen-bond acceptors (Lipinski definition) is 3. The van der Waals surface area contributed by atoms with E-state index in [4.69, 9.17) is 14.8 Å². The molecule has 4 aromatic carbocycles. The Labute approximate surface area is 315 Å². The first kappa shape index (κ1) is 36.2. The third-order valence-electron chi connectivity index (χ3n) is 11.4. The molecule has 3 heterocycles. The van der Waals surface area contributed by atoms with Crippen molar-refractivity contribution in [3.63, 3.8) is 0 Å². The number of ether oxygens (including phenoxy) is 1. The van der Waals surface area contributed by atoms with Crippen LogP contribution in [0.2, 0.25) is 0 Å². The summed E-state index contributed by atoms with van der Waals surface area (Å²) in [5.41, 5.74) is 11.7. The molecular formula is C48H54N4O.